The predicted molar refractivity (Wildman–Crippen MR) is 84.4 cm³/mol. The van der Waals surface area contributed by atoms with E-state index in [9.17, 15) is 22.4 Å². The Kier molecular flexibility index (Phi) is 4.57. The molecule has 0 atom stereocenters. The molecule has 0 radical (unpaired) electrons. The van der Waals surface area contributed by atoms with Crippen molar-refractivity contribution >= 4 is 28.6 Å². The number of benzene rings is 1. The molecule has 0 saturated carbocycles. The Morgan fingerprint density at radius 2 is 2.04 bits per heavy atom. The van der Waals surface area contributed by atoms with Crippen LogP contribution in [-0.4, -0.2) is 27.8 Å². The van der Waals surface area contributed by atoms with Gasteiger partial charge in [-0.05, 0) is 18.2 Å². The van der Waals surface area contributed by atoms with Crippen LogP contribution < -0.4 is 0 Å². The fourth-order valence-corrected chi connectivity index (χ4v) is 2.53. The third-order valence-electron chi connectivity index (χ3n) is 3.63. The number of methoxy groups -OCH3 is 1. The van der Waals surface area contributed by atoms with Gasteiger partial charge in [-0.1, -0.05) is 17.7 Å². The highest BCUT2D eigenvalue weighted by Gasteiger charge is 2.32. The van der Waals surface area contributed by atoms with E-state index >= 15 is 0 Å². The van der Waals surface area contributed by atoms with Crippen LogP contribution in [0.15, 0.2) is 30.5 Å². The molecule has 2 heterocycles. The van der Waals surface area contributed by atoms with Crippen molar-refractivity contribution in [3.8, 4) is 0 Å². The molecule has 0 aliphatic carbocycles. The molecule has 0 bridgehead atoms. The van der Waals surface area contributed by atoms with Crippen molar-refractivity contribution < 1.29 is 27.1 Å². The number of carbonyl (C=O) groups excluding carboxylic acids is 1. The van der Waals surface area contributed by atoms with Gasteiger partial charge in [0, 0.05) is 16.8 Å². The maximum absolute atomic E-state index is 14.0. The van der Waals surface area contributed by atoms with Crippen molar-refractivity contribution in [3.05, 3.63) is 58.1 Å². The molecular weight excluding hydrogens is 378 g/mol. The van der Waals surface area contributed by atoms with Gasteiger partial charge in [0.2, 0.25) is 0 Å². The second kappa shape index (κ2) is 6.56. The minimum Gasteiger partial charge on any atom is -0.464 e. The molecular formula is C16H10ClF4N3O2. The lowest BCUT2D eigenvalue weighted by Gasteiger charge is -2.08. The molecule has 0 fully saturated rings. The summed E-state index contributed by atoms with van der Waals surface area (Å²) in [4.78, 5) is 15.5. The van der Waals surface area contributed by atoms with Crippen LogP contribution in [0.5, 0.6) is 0 Å². The van der Waals surface area contributed by atoms with Crippen molar-refractivity contribution in [1.82, 2.24) is 14.8 Å². The number of ether oxygens (including phenoxy) is 1. The third-order valence-corrected chi connectivity index (χ3v) is 3.87. The first-order valence-electron chi connectivity index (χ1n) is 7.16. The van der Waals surface area contributed by atoms with Gasteiger partial charge >= 0.3 is 12.1 Å². The van der Waals surface area contributed by atoms with E-state index in [-0.39, 0.29) is 33.9 Å². The van der Waals surface area contributed by atoms with Gasteiger partial charge in [0.1, 0.15) is 11.3 Å². The Morgan fingerprint density at radius 1 is 1.31 bits per heavy atom. The van der Waals surface area contributed by atoms with Crippen molar-refractivity contribution in [2.75, 3.05) is 7.11 Å². The van der Waals surface area contributed by atoms with Crippen molar-refractivity contribution in [1.29, 1.82) is 0 Å². The summed E-state index contributed by atoms with van der Waals surface area (Å²) in [5.74, 6) is -1.52. The number of hydrogen-bond acceptors (Lipinski definition) is 4. The van der Waals surface area contributed by atoms with Crippen LogP contribution in [0.4, 0.5) is 17.6 Å². The average Bonchev–Trinajstić information content (AvgIpc) is 2.94. The van der Waals surface area contributed by atoms with E-state index in [1.165, 1.54) is 12.1 Å². The van der Waals surface area contributed by atoms with Crippen LogP contribution in [0.1, 0.15) is 21.6 Å². The van der Waals surface area contributed by atoms with Gasteiger partial charge in [0.15, 0.2) is 5.69 Å². The summed E-state index contributed by atoms with van der Waals surface area (Å²) >= 11 is 5.69. The van der Waals surface area contributed by atoms with Crippen molar-refractivity contribution in [2.24, 2.45) is 0 Å². The SMILES string of the molecule is COC(=O)c1nn(Cc2ccc(Cl)cc2F)c2cc(C(F)(F)F)cnc12. The largest absolute Gasteiger partial charge is 0.464 e. The summed E-state index contributed by atoms with van der Waals surface area (Å²) in [6.45, 7) is -0.223. The molecule has 10 heteroatoms. The molecule has 3 rings (SSSR count). The zero-order valence-corrected chi connectivity index (χ0v) is 13.9. The van der Waals surface area contributed by atoms with E-state index in [0.29, 0.717) is 6.20 Å². The van der Waals surface area contributed by atoms with Gasteiger partial charge < -0.3 is 4.74 Å². The minimum absolute atomic E-state index is 0.0702. The number of fused-ring (bicyclic) bond motifs is 1. The van der Waals surface area contributed by atoms with E-state index in [2.05, 4.69) is 14.8 Å². The molecule has 0 saturated heterocycles. The van der Waals surface area contributed by atoms with Crippen LogP contribution in [0.3, 0.4) is 0 Å². The normalized spacial score (nSPS) is 11.8. The Balaban J connectivity index is 2.17. The second-order valence-corrected chi connectivity index (χ2v) is 5.76. The number of esters is 1. The maximum Gasteiger partial charge on any atom is 0.417 e. The lowest BCUT2D eigenvalue weighted by molar-refractivity contribution is -0.137. The van der Waals surface area contributed by atoms with Crippen LogP contribution in [-0.2, 0) is 17.5 Å². The van der Waals surface area contributed by atoms with Crippen LogP contribution in [0.25, 0.3) is 11.0 Å². The Labute approximate surface area is 149 Å². The van der Waals surface area contributed by atoms with Crippen molar-refractivity contribution in [2.45, 2.75) is 12.7 Å². The molecule has 26 heavy (non-hydrogen) atoms. The number of rotatable bonds is 3. The molecule has 5 nitrogen and oxygen atoms in total. The minimum atomic E-state index is -4.63. The first kappa shape index (κ1) is 18.1. The Bertz CT molecular complexity index is 1000. The Morgan fingerprint density at radius 3 is 2.65 bits per heavy atom. The fourth-order valence-electron chi connectivity index (χ4n) is 2.38. The number of aromatic nitrogens is 3. The van der Waals surface area contributed by atoms with Gasteiger partial charge in [-0.25, -0.2) is 9.18 Å². The van der Waals surface area contributed by atoms with Crippen LogP contribution in [0.2, 0.25) is 5.02 Å². The summed E-state index contributed by atoms with van der Waals surface area (Å²) < 4.78 is 58.6. The summed E-state index contributed by atoms with van der Waals surface area (Å²) in [5, 5.41) is 4.13. The van der Waals surface area contributed by atoms with Crippen LogP contribution >= 0.6 is 11.6 Å². The highest BCUT2D eigenvalue weighted by Crippen LogP contribution is 2.31. The number of hydrogen-bond donors (Lipinski definition) is 0. The summed E-state index contributed by atoms with van der Waals surface area (Å²) in [6, 6.07) is 4.69. The van der Waals surface area contributed by atoms with Gasteiger partial charge in [-0.15, -0.1) is 0 Å². The van der Waals surface area contributed by atoms with Gasteiger partial charge in [0.05, 0.1) is 24.7 Å². The molecule has 0 amide bonds. The lowest BCUT2D eigenvalue weighted by Crippen LogP contribution is -2.08. The van der Waals surface area contributed by atoms with Crippen molar-refractivity contribution in [3.63, 3.8) is 0 Å². The van der Waals surface area contributed by atoms with E-state index in [1.54, 1.807) is 0 Å². The molecule has 1 aromatic carbocycles. The van der Waals surface area contributed by atoms with Crippen LogP contribution in [0, 0.1) is 5.82 Å². The number of carbonyl (C=O) groups is 1. The average molecular weight is 388 g/mol. The molecule has 2 aromatic heterocycles. The standard InChI is InChI=1S/C16H10ClF4N3O2/c1-26-15(25)14-13-12(4-9(6-22-13)16(19,20)21)24(23-14)7-8-2-3-10(17)5-11(8)18/h2-6H,7H2,1H3. The molecule has 0 N–H and O–H groups in total. The third kappa shape index (κ3) is 3.34. The predicted octanol–water partition coefficient (Wildman–Crippen LogP) is 4.08. The highest BCUT2D eigenvalue weighted by molar-refractivity contribution is 6.30. The van der Waals surface area contributed by atoms with Gasteiger partial charge in [-0.3, -0.25) is 9.67 Å². The summed E-state index contributed by atoms with van der Waals surface area (Å²) in [7, 11) is 1.11. The zero-order chi connectivity index (χ0) is 19.1. The number of alkyl halides is 3. The quantitative estimate of drug-likeness (QED) is 0.502. The maximum atomic E-state index is 14.0. The first-order chi connectivity index (χ1) is 12.2. The van der Waals surface area contributed by atoms with Gasteiger partial charge in [0.25, 0.3) is 0 Å². The summed E-state index contributed by atoms with van der Waals surface area (Å²) in [5.41, 5.74) is -1.29. The lowest BCUT2D eigenvalue weighted by atomic mass is 10.2. The summed E-state index contributed by atoms with van der Waals surface area (Å²) in [6.07, 6.45) is -4.03. The number of pyridine rings is 1. The molecule has 0 aliphatic heterocycles. The molecule has 136 valence electrons. The smallest absolute Gasteiger partial charge is 0.417 e. The zero-order valence-electron chi connectivity index (χ0n) is 13.1. The number of nitrogens with zero attached hydrogens (tertiary/aromatic N) is 3. The van der Waals surface area contributed by atoms with E-state index in [4.69, 9.17) is 11.6 Å². The van der Waals surface area contributed by atoms with Gasteiger partial charge in [-0.2, -0.15) is 18.3 Å². The molecule has 0 aliphatic rings. The van der Waals surface area contributed by atoms with E-state index < -0.39 is 23.5 Å². The Hall–Kier alpha value is -2.68. The van der Waals surface area contributed by atoms with E-state index in [1.807, 2.05) is 0 Å². The number of halogens is 5. The molecule has 0 unspecified atom stereocenters. The first-order valence-corrected chi connectivity index (χ1v) is 7.54. The van der Waals surface area contributed by atoms with E-state index in [0.717, 1.165) is 23.9 Å². The molecule has 0 spiro atoms. The highest BCUT2D eigenvalue weighted by atomic mass is 35.5. The monoisotopic (exact) mass is 387 g/mol. The fraction of sp³-hybridized carbons (Fsp3) is 0.188. The molecule has 3 aromatic rings. The second-order valence-electron chi connectivity index (χ2n) is 5.32. The topological polar surface area (TPSA) is 57.0 Å².